The lowest BCUT2D eigenvalue weighted by atomic mass is 10.2. The molecule has 1 aliphatic heterocycles. The monoisotopic (exact) mass is 305 g/mol. The third kappa shape index (κ3) is 4.91. The van der Waals surface area contributed by atoms with Crippen LogP contribution in [0, 0.1) is 6.92 Å². The van der Waals surface area contributed by atoms with E-state index in [4.69, 9.17) is 4.74 Å². The number of carbonyl (C=O) groups is 1. The van der Waals surface area contributed by atoms with Gasteiger partial charge in [-0.1, -0.05) is 19.1 Å². The SMILES string of the molecule is CCN1CCN(C(=O)N[C@H](C)COc2cccc(C)c2)CC1. The van der Waals surface area contributed by atoms with Crippen LogP contribution in [0.4, 0.5) is 4.79 Å². The maximum absolute atomic E-state index is 12.2. The average molecular weight is 305 g/mol. The highest BCUT2D eigenvalue weighted by atomic mass is 16.5. The van der Waals surface area contributed by atoms with E-state index < -0.39 is 0 Å². The van der Waals surface area contributed by atoms with Gasteiger partial charge in [-0.15, -0.1) is 0 Å². The number of nitrogens with one attached hydrogen (secondary N) is 1. The van der Waals surface area contributed by atoms with Crippen molar-refractivity contribution in [2.24, 2.45) is 0 Å². The van der Waals surface area contributed by atoms with Gasteiger partial charge in [-0.05, 0) is 38.1 Å². The summed E-state index contributed by atoms with van der Waals surface area (Å²) in [7, 11) is 0. The van der Waals surface area contributed by atoms with Crippen LogP contribution in [-0.2, 0) is 0 Å². The first kappa shape index (κ1) is 16.6. The molecular formula is C17H27N3O2. The molecule has 5 heteroatoms. The Balaban J connectivity index is 1.72. The molecule has 0 radical (unpaired) electrons. The number of rotatable bonds is 5. The molecule has 122 valence electrons. The second-order valence-corrected chi connectivity index (χ2v) is 5.90. The van der Waals surface area contributed by atoms with Gasteiger partial charge < -0.3 is 19.9 Å². The van der Waals surface area contributed by atoms with E-state index in [1.54, 1.807) is 0 Å². The van der Waals surface area contributed by atoms with E-state index in [9.17, 15) is 4.79 Å². The van der Waals surface area contributed by atoms with Crippen molar-refractivity contribution in [3.05, 3.63) is 29.8 Å². The summed E-state index contributed by atoms with van der Waals surface area (Å²) >= 11 is 0. The summed E-state index contributed by atoms with van der Waals surface area (Å²) in [4.78, 5) is 16.4. The third-order valence-electron chi connectivity index (χ3n) is 3.97. The van der Waals surface area contributed by atoms with E-state index in [-0.39, 0.29) is 12.1 Å². The highest BCUT2D eigenvalue weighted by Gasteiger charge is 2.21. The van der Waals surface area contributed by atoms with Crippen LogP contribution in [0.15, 0.2) is 24.3 Å². The van der Waals surface area contributed by atoms with Crippen molar-refractivity contribution in [1.29, 1.82) is 0 Å². The van der Waals surface area contributed by atoms with Gasteiger partial charge in [-0.25, -0.2) is 4.79 Å². The second-order valence-electron chi connectivity index (χ2n) is 5.90. The number of amides is 2. The minimum absolute atomic E-state index is 0.0103. The lowest BCUT2D eigenvalue weighted by molar-refractivity contribution is 0.138. The van der Waals surface area contributed by atoms with Crippen LogP contribution < -0.4 is 10.1 Å². The van der Waals surface area contributed by atoms with E-state index in [1.165, 1.54) is 5.56 Å². The van der Waals surface area contributed by atoms with Gasteiger partial charge in [0.2, 0.25) is 0 Å². The molecule has 1 aliphatic rings. The van der Waals surface area contributed by atoms with Gasteiger partial charge in [-0.2, -0.15) is 0 Å². The highest BCUT2D eigenvalue weighted by Crippen LogP contribution is 2.12. The zero-order chi connectivity index (χ0) is 15.9. The minimum Gasteiger partial charge on any atom is -0.491 e. The van der Waals surface area contributed by atoms with Crippen LogP contribution in [0.5, 0.6) is 5.75 Å². The minimum atomic E-state index is -0.0165. The number of hydrogen-bond acceptors (Lipinski definition) is 3. The molecule has 0 saturated carbocycles. The Hall–Kier alpha value is -1.75. The first-order valence-corrected chi connectivity index (χ1v) is 8.05. The fourth-order valence-electron chi connectivity index (χ4n) is 2.54. The number of aryl methyl sites for hydroxylation is 1. The van der Waals surface area contributed by atoms with Crippen molar-refractivity contribution >= 4 is 6.03 Å². The van der Waals surface area contributed by atoms with Crippen LogP contribution in [0.1, 0.15) is 19.4 Å². The summed E-state index contributed by atoms with van der Waals surface area (Å²) in [6, 6.07) is 7.94. The Morgan fingerprint density at radius 2 is 2.05 bits per heavy atom. The van der Waals surface area contributed by atoms with Gasteiger partial charge in [0.05, 0.1) is 6.04 Å². The van der Waals surface area contributed by atoms with Crippen molar-refractivity contribution in [3.8, 4) is 5.75 Å². The maximum Gasteiger partial charge on any atom is 0.317 e. The van der Waals surface area contributed by atoms with E-state index in [0.29, 0.717) is 6.61 Å². The van der Waals surface area contributed by atoms with Gasteiger partial charge in [-0.3, -0.25) is 0 Å². The summed E-state index contributed by atoms with van der Waals surface area (Å²) in [6.07, 6.45) is 0. The molecule has 22 heavy (non-hydrogen) atoms. The number of hydrogen-bond donors (Lipinski definition) is 1. The normalized spacial score (nSPS) is 17.1. The molecule has 1 saturated heterocycles. The van der Waals surface area contributed by atoms with Gasteiger partial charge in [0.15, 0.2) is 0 Å². The quantitative estimate of drug-likeness (QED) is 0.906. The summed E-state index contributed by atoms with van der Waals surface area (Å²) in [5.74, 6) is 0.845. The number of urea groups is 1. The predicted molar refractivity (Wildman–Crippen MR) is 88.4 cm³/mol. The molecule has 1 atom stereocenters. The number of carbonyl (C=O) groups excluding carboxylic acids is 1. The standard InChI is InChI=1S/C17H27N3O2/c1-4-19-8-10-20(11-9-19)17(21)18-15(3)13-22-16-7-5-6-14(2)12-16/h5-7,12,15H,4,8-11,13H2,1-3H3,(H,18,21)/t15-/m1/s1. The van der Waals surface area contributed by atoms with Crippen LogP contribution in [-0.4, -0.2) is 61.2 Å². The Bertz CT molecular complexity index is 485. The van der Waals surface area contributed by atoms with Gasteiger partial charge in [0, 0.05) is 26.2 Å². The molecule has 1 aromatic carbocycles. The van der Waals surface area contributed by atoms with Crippen molar-refractivity contribution in [3.63, 3.8) is 0 Å². The number of nitrogens with zero attached hydrogens (tertiary/aromatic N) is 2. The smallest absolute Gasteiger partial charge is 0.317 e. The molecule has 1 fully saturated rings. The molecular weight excluding hydrogens is 278 g/mol. The van der Waals surface area contributed by atoms with Crippen molar-refractivity contribution in [2.45, 2.75) is 26.8 Å². The van der Waals surface area contributed by atoms with Gasteiger partial charge in [0.25, 0.3) is 0 Å². The van der Waals surface area contributed by atoms with Crippen molar-refractivity contribution in [1.82, 2.24) is 15.1 Å². The maximum atomic E-state index is 12.2. The number of benzene rings is 1. The van der Waals surface area contributed by atoms with Crippen LogP contribution in [0.25, 0.3) is 0 Å². The van der Waals surface area contributed by atoms with Crippen LogP contribution in [0.3, 0.4) is 0 Å². The van der Waals surface area contributed by atoms with E-state index in [0.717, 1.165) is 38.5 Å². The Morgan fingerprint density at radius 3 is 2.68 bits per heavy atom. The summed E-state index contributed by atoms with van der Waals surface area (Å²) < 4.78 is 5.73. The summed E-state index contributed by atoms with van der Waals surface area (Å²) in [5.41, 5.74) is 1.17. The molecule has 0 unspecified atom stereocenters. The molecule has 1 heterocycles. The van der Waals surface area contributed by atoms with E-state index in [1.807, 2.05) is 43.0 Å². The molecule has 5 nitrogen and oxygen atoms in total. The lowest BCUT2D eigenvalue weighted by Crippen LogP contribution is -2.53. The molecule has 2 rings (SSSR count). The molecule has 2 amide bonds. The lowest BCUT2D eigenvalue weighted by Gasteiger charge is -2.34. The van der Waals surface area contributed by atoms with E-state index >= 15 is 0 Å². The average Bonchev–Trinajstić information content (AvgIpc) is 2.53. The largest absolute Gasteiger partial charge is 0.491 e. The number of piperazine rings is 1. The Labute approximate surface area is 133 Å². The predicted octanol–water partition coefficient (Wildman–Crippen LogP) is 2.11. The Kier molecular flexibility index (Phi) is 6.07. The zero-order valence-electron chi connectivity index (χ0n) is 13.8. The van der Waals surface area contributed by atoms with Gasteiger partial charge >= 0.3 is 6.03 Å². The summed E-state index contributed by atoms with van der Waals surface area (Å²) in [6.45, 7) is 11.2. The second kappa shape index (κ2) is 8.03. The Morgan fingerprint density at radius 1 is 1.32 bits per heavy atom. The van der Waals surface area contributed by atoms with Gasteiger partial charge in [0.1, 0.15) is 12.4 Å². The first-order chi connectivity index (χ1) is 10.6. The van der Waals surface area contributed by atoms with Crippen LogP contribution in [0.2, 0.25) is 0 Å². The van der Waals surface area contributed by atoms with E-state index in [2.05, 4.69) is 17.1 Å². The number of ether oxygens (including phenoxy) is 1. The molecule has 1 N–H and O–H groups in total. The van der Waals surface area contributed by atoms with Crippen molar-refractivity contribution < 1.29 is 9.53 Å². The molecule has 0 bridgehead atoms. The zero-order valence-corrected chi connectivity index (χ0v) is 13.8. The molecule has 0 aromatic heterocycles. The van der Waals surface area contributed by atoms with Crippen molar-refractivity contribution in [2.75, 3.05) is 39.3 Å². The summed E-state index contributed by atoms with van der Waals surface area (Å²) in [5, 5.41) is 3.01. The topological polar surface area (TPSA) is 44.8 Å². The fourth-order valence-corrected chi connectivity index (χ4v) is 2.54. The number of likely N-dealkylation sites (N-methyl/N-ethyl adjacent to an activating group) is 1. The third-order valence-corrected chi connectivity index (χ3v) is 3.97. The highest BCUT2D eigenvalue weighted by molar-refractivity contribution is 5.74. The first-order valence-electron chi connectivity index (χ1n) is 8.05. The molecule has 0 aliphatic carbocycles. The molecule has 1 aromatic rings. The molecule has 0 spiro atoms. The fraction of sp³-hybridized carbons (Fsp3) is 0.588. The van der Waals surface area contributed by atoms with Crippen LogP contribution >= 0.6 is 0 Å².